The van der Waals surface area contributed by atoms with Gasteiger partial charge in [-0.15, -0.1) is 0 Å². The molecular weight excluding hydrogens is 438 g/mol. The summed E-state index contributed by atoms with van der Waals surface area (Å²) in [4.78, 5) is 42.7. The van der Waals surface area contributed by atoms with Gasteiger partial charge in [0.05, 0.1) is 29.7 Å². The fraction of sp³-hybridized carbons (Fsp3) is 0.417. The molecule has 3 aliphatic rings. The lowest BCUT2D eigenvalue weighted by atomic mass is 9.90. The van der Waals surface area contributed by atoms with E-state index >= 15 is 0 Å². The fourth-order valence-electron chi connectivity index (χ4n) is 4.47. The summed E-state index contributed by atoms with van der Waals surface area (Å²) in [6.07, 6.45) is 3.64. The molecule has 0 bridgehead atoms. The summed E-state index contributed by atoms with van der Waals surface area (Å²) in [5.74, 6) is 0.765. The highest BCUT2D eigenvalue weighted by Gasteiger charge is 2.50. The standard InChI is InChI=1S/C24H27N5O5/c1-25-23(32)16-10-26-20(28-22(31)14-6-7-14)8-18(16)27-17-4-3-5-19(21(17)33-2)29-12-24(13-29)9-15(30)11-34-24/h3-5,8,10,14H,6-7,9,11-13H2,1-2H3,(H,25,32)(H2,26,27,28,31). The molecular formula is C24H27N5O5. The van der Waals surface area contributed by atoms with E-state index in [-0.39, 0.29) is 30.1 Å². The Labute approximate surface area is 197 Å². The Morgan fingerprint density at radius 1 is 1.24 bits per heavy atom. The van der Waals surface area contributed by atoms with Gasteiger partial charge in [-0.2, -0.15) is 0 Å². The number of methoxy groups -OCH3 is 1. The lowest BCUT2D eigenvalue weighted by Crippen LogP contribution is -2.61. The molecule has 10 nitrogen and oxygen atoms in total. The van der Waals surface area contributed by atoms with Crippen LogP contribution in [0.1, 0.15) is 29.6 Å². The second kappa shape index (κ2) is 8.60. The molecule has 1 spiro atoms. The Morgan fingerprint density at radius 2 is 2.03 bits per heavy atom. The monoisotopic (exact) mass is 465 g/mol. The highest BCUT2D eigenvalue weighted by molar-refractivity contribution is 6.01. The molecule has 3 fully saturated rings. The van der Waals surface area contributed by atoms with Crippen LogP contribution in [0.2, 0.25) is 0 Å². The number of hydrogen-bond donors (Lipinski definition) is 3. The number of carbonyl (C=O) groups excluding carboxylic acids is 3. The zero-order chi connectivity index (χ0) is 23.9. The molecule has 0 radical (unpaired) electrons. The van der Waals surface area contributed by atoms with Gasteiger partial charge < -0.3 is 30.3 Å². The molecule has 2 saturated heterocycles. The van der Waals surface area contributed by atoms with Crippen molar-refractivity contribution in [3.05, 3.63) is 36.0 Å². The van der Waals surface area contributed by atoms with Crippen LogP contribution in [-0.2, 0) is 14.3 Å². The Bertz CT molecular complexity index is 1160. The molecule has 2 aromatic rings. The van der Waals surface area contributed by atoms with Crippen LogP contribution in [0.15, 0.2) is 30.5 Å². The number of aromatic nitrogens is 1. The number of ether oxygens (including phenoxy) is 2. The largest absolute Gasteiger partial charge is 0.492 e. The maximum atomic E-state index is 12.5. The highest BCUT2D eigenvalue weighted by atomic mass is 16.5. The van der Waals surface area contributed by atoms with E-state index < -0.39 is 5.60 Å². The van der Waals surface area contributed by atoms with E-state index in [1.54, 1.807) is 20.2 Å². The smallest absolute Gasteiger partial charge is 0.254 e. The zero-order valence-electron chi connectivity index (χ0n) is 19.1. The van der Waals surface area contributed by atoms with Crippen molar-refractivity contribution in [3.8, 4) is 5.75 Å². The first-order valence-electron chi connectivity index (χ1n) is 11.3. The number of ketones is 1. The average Bonchev–Trinajstić information content (AvgIpc) is 3.59. The summed E-state index contributed by atoms with van der Waals surface area (Å²) in [7, 11) is 3.13. The number of nitrogens with one attached hydrogen (secondary N) is 3. The van der Waals surface area contributed by atoms with Crippen molar-refractivity contribution in [1.29, 1.82) is 0 Å². The van der Waals surface area contributed by atoms with Gasteiger partial charge in [-0.25, -0.2) is 4.98 Å². The maximum Gasteiger partial charge on any atom is 0.254 e. The van der Waals surface area contributed by atoms with Crippen LogP contribution in [0.5, 0.6) is 5.75 Å². The van der Waals surface area contributed by atoms with Crippen LogP contribution in [0.25, 0.3) is 0 Å². The van der Waals surface area contributed by atoms with E-state index in [0.717, 1.165) is 18.5 Å². The Kier molecular flexibility index (Phi) is 5.60. The molecule has 1 aromatic carbocycles. The summed E-state index contributed by atoms with van der Waals surface area (Å²) in [6, 6.07) is 7.33. The molecule has 178 valence electrons. The van der Waals surface area contributed by atoms with Crippen molar-refractivity contribution in [3.63, 3.8) is 0 Å². The second-order valence-electron chi connectivity index (χ2n) is 8.98. The summed E-state index contributed by atoms with van der Waals surface area (Å²) in [5.41, 5.74) is 1.93. The minimum Gasteiger partial charge on any atom is -0.492 e. The van der Waals surface area contributed by atoms with E-state index in [0.29, 0.717) is 48.0 Å². The second-order valence-corrected chi connectivity index (χ2v) is 8.98. The highest BCUT2D eigenvalue weighted by Crippen LogP contribution is 2.44. The van der Waals surface area contributed by atoms with Crippen LogP contribution in [-0.4, -0.2) is 62.0 Å². The van der Waals surface area contributed by atoms with Crippen molar-refractivity contribution in [2.75, 3.05) is 49.4 Å². The van der Waals surface area contributed by atoms with Crippen LogP contribution in [0, 0.1) is 5.92 Å². The van der Waals surface area contributed by atoms with Crippen molar-refractivity contribution < 1.29 is 23.9 Å². The number of pyridine rings is 1. The summed E-state index contributed by atoms with van der Waals surface area (Å²) in [6.45, 7) is 1.39. The number of amides is 2. The number of benzene rings is 1. The molecule has 0 atom stereocenters. The lowest BCUT2D eigenvalue weighted by molar-refractivity contribution is -0.118. The number of hydrogen-bond acceptors (Lipinski definition) is 8. The van der Waals surface area contributed by atoms with E-state index in [4.69, 9.17) is 9.47 Å². The van der Waals surface area contributed by atoms with Crippen LogP contribution in [0.3, 0.4) is 0 Å². The number of para-hydroxylation sites is 1. The third-order valence-electron chi connectivity index (χ3n) is 6.40. The van der Waals surface area contributed by atoms with Crippen LogP contribution in [0.4, 0.5) is 22.9 Å². The van der Waals surface area contributed by atoms with Crippen molar-refractivity contribution in [2.45, 2.75) is 24.9 Å². The third kappa shape index (κ3) is 4.16. The van der Waals surface area contributed by atoms with Crippen LogP contribution >= 0.6 is 0 Å². The number of nitrogens with zero attached hydrogens (tertiary/aromatic N) is 2. The van der Waals surface area contributed by atoms with Gasteiger partial charge in [-0.1, -0.05) is 6.07 Å². The molecule has 3 heterocycles. The van der Waals surface area contributed by atoms with E-state index in [1.165, 1.54) is 6.20 Å². The zero-order valence-corrected chi connectivity index (χ0v) is 19.1. The molecule has 2 amide bonds. The maximum absolute atomic E-state index is 12.5. The molecule has 1 aliphatic carbocycles. The van der Waals surface area contributed by atoms with Gasteiger partial charge in [0, 0.05) is 44.7 Å². The van der Waals surface area contributed by atoms with Gasteiger partial charge in [-0.3, -0.25) is 14.4 Å². The van der Waals surface area contributed by atoms with E-state index in [1.807, 2.05) is 18.2 Å². The predicted molar refractivity (Wildman–Crippen MR) is 126 cm³/mol. The van der Waals surface area contributed by atoms with Gasteiger partial charge >= 0.3 is 0 Å². The van der Waals surface area contributed by atoms with E-state index in [9.17, 15) is 14.4 Å². The first-order valence-corrected chi connectivity index (χ1v) is 11.3. The first-order chi connectivity index (χ1) is 16.4. The Morgan fingerprint density at radius 3 is 2.68 bits per heavy atom. The normalized spacial score (nSPS) is 18.4. The minimum absolute atomic E-state index is 0.0348. The first kappa shape index (κ1) is 22.1. The molecule has 34 heavy (non-hydrogen) atoms. The summed E-state index contributed by atoms with van der Waals surface area (Å²) >= 11 is 0. The number of rotatable bonds is 7. The number of anilines is 4. The number of carbonyl (C=O) groups is 3. The Hall–Kier alpha value is -3.66. The fourth-order valence-corrected chi connectivity index (χ4v) is 4.47. The topological polar surface area (TPSA) is 122 Å². The van der Waals surface area contributed by atoms with Gasteiger partial charge in [0.1, 0.15) is 18.0 Å². The van der Waals surface area contributed by atoms with Gasteiger partial charge in [0.15, 0.2) is 11.5 Å². The predicted octanol–water partition coefficient (Wildman–Crippen LogP) is 2.09. The quantitative estimate of drug-likeness (QED) is 0.568. The SMILES string of the molecule is CNC(=O)c1cnc(NC(=O)C2CC2)cc1Nc1cccc(N2CC3(CC(=O)CO3)C2)c1OC. The van der Waals surface area contributed by atoms with Gasteiger partial charge in [0.25, 0.3) is 5.91 Å². The molecule has 10 heteroatoms. The minimum atomic E-state index is -0.405. The molecule has 5 rings (SSSR count). The molecule has 2 aliphatic heterocycles. The molecule has 1 aromatic heterocycles. The van der Waals surface area contributed by atoms with Gasteiger partial charge in [-0.05, 0) is 25.0 Å². The summed E-state index contributed by atoms with van der Waals surface area (Å²) < 4.78 is 11.5. The number of Topliss-reactive ketones (excluding diaryl/α,β-unsaturated/α-hetero) is 1. The van der Waals surface area contributed by atoms with E-state index in [2.05, 4.69) is 25.8 Å². The molecule has 1 saturated carbocycles. The van der Waals surface area contributed by atoms with Gasteiger partial charge in [0.2, 0.25) is 5.91 Å². The van der Waals surface area contributed by atoms with Crippen LogP contribution < -0.4 is 25.6 Å². The van der Waals surface area contributed by atoms with Crippen molar-refractivity contribution in [1.82, 2.24) is 10.3 Å². The third-order valence-corrected chi connectivity index (χ3v) is 6.40. The van der Waals surface area contributed by atoms with Crippen molar-refractivity contribution in [2.24, 2.45) is 5.92 Å². The average molecular weight is 466 g/mol. The lowest BCUT2D eigenvalue weighted by Gasteiger charge is -2.48. The Balaban J connectivity index is 1.41. The molecule has 0 unspecified atom stereocenters. The molecule has 3 N–H and O–H groups in total. The van der Waals surface area contributed by atoms with Crippen molar-refractivity contribution >= 4 is 40.5 Å². The summed E-state index contributed by atoms with van der Waals surface area (Å²) in [5, 5.41) is 8.72.